The highest BCUT2D eigenvalue weighted by molar-refractivity contribution is 5.85. The Balaban J connectivity index is 0.00000208. The Morgan fingerprint density at radius 1 is 1.17 bits per heavy atom. The molecule has 7 heteroatoms. The maximum Gasteiger partial charge on any atom is 0.227 e. The highest BCUT2D eigenvalue weighted by Gasteiger charge is 2.30. The zero-order valence-electron chi connectivity index (χ0n) is 13.6. The molecule has 3 rings (SSSR count). The van der Waals surface area contributed by atoms with Crippen molar-refractivity contribution >= 4 is 18.3 Å². The first-order chi connectivity index (χ1) is 11.1. The molecule has 0 bridgehead atoms. The quantitative estimate of drug-likeness (QED) is 0.897. The van der Waals surface area contributed by atoms with E-state index in [2.05, 4.69) is 5.32 Å². The molecule has 0 aromatic heterocycles. The number of hydrogen-bond acceptors (Lipinski definition) is 3. The first-order valence-corrected chi connectivity index (χ1v) is 8.30. The van der Waals surface area contributed by atoms with Crippen molar-refractivity contribution in [1.82, 2.24) is 15.1 Å². The topological polar surface area (TPSA) is 35.6 Å². The molecule has 1 aromatic rings. The van der Waals surface area contributed by atoms with Crippen LogP contribution in [0, 0.1) is 17.6 Å². The summed E-state index contributed by atoms with van der Waals surface area (Å²) in [5.74, 6) is -0.900. The fourth-order valence-electron chi connectivity index (χ4n) is 3.45. The molecule has 1 amide bonds. The van der Waals surface area contributed by atoms with E-state index in [1.54, 1.807) is 0 Å². The molecule has 4 nitrogen and oxygen atoms in total. The average molecular weight is 360 g/mol. The van der Waals surface area contributed by atoms with Gasteiger partial charge in [-0.15, -0.1) is 12.4 Å². The van der Waals surface area contributed by atoms with Crippen molar-refractivity contribution in [1.29, 1.82) is 0 Å². The molecule has 1 aromatic carbocycles. The number of nitrogens with zero attached hydrogens (tertiary/aromatic N) is 2. The Kier molecular flexibility index (Phi) is 6.95. The fourth-order valence-corrected chi connectivity index (χ4v) is 3.45. The second-order valence-corrected chi connectivity index (χ2v) is 6.35. The van der Waals surface area contributed by atoms with Gasteiger partial charge in [-0.25, -0.2) is 8.78 Å². The molecule has 2 fully saturated rings. The number of hydrogen-bond donors (Lipinski definition) is 1. The lowest BCUT2D eigenvalue weighted by atomic mass is 9.95. The second kappa shape index (κ2) is 8.74. The first-order valence-electron chi connectivity index (χ1n) is 8.30. The van der Waals surface area contributed by atoms with Crippen LogP contribution in [0.1, 0.15) is 18.4 Å². The van der Waals surface area contributed by atoms with Crippen molar-refractivity contribution in [3.63, 3.8) is 0 Å². The standard InChI is InChI=1S/C17H23F2N3O.ClH/c18-15-4-1-5-16(19)14(15)12-21-8-2-3-13(11-21)17(23)22-9-6-20-7-10-22;/h1,4-5,13,20H,2-3,6-12H2;1H. The number of amides is 1. The molecule has 0 aliphatic carbocycles. The van der Waals surface area contributed by atoms with E-state index in [9.17, 15) is 13.6 Å². The van der Waals surface area contributed by atoms with Crippen LogP contribution < -0.4 is 5.32 Å². The molecule has 2 heterocycles. The summed E-state index contributed by atoms with van der Waals surface area (Å²) in [6.07, 6.45) is 1.75. The molecule has 2 aliphatic heterocycles. The van der Waals surface area contributed by atoms with Crippen molar-refractivity contribution in [3.05, 3.63) is 35.4 Å². The molecule has 2 aliphatic rings. The Labute approximate surface area is 147 Å². The van der Waals surface area contributed by atoms with Gasteiger partial charge in [0.05, 0.1) is 5.92 Å². The third-order valence-electron chi connectivity index (χ3n) is 4.73. The molecular formula is C17H24ClF2N3O. The minimum atomic E-state index is -0.513. The molecule has 134 valence electrons. The van der Waals surface area contributed by atoms with Gasteiger partial charge < -0.3 is 10.2 Å². The summed E-state index contributed by atoms with van der Waals surface area (Å²) >= 11 is 0. The van der Waals surface area contributed by atoms with Gasteiger partial charge in [-0.05, 0) is 31.5 Å². The zero-order chi connectivity index (χ0) is 16.2. The van der Waals surface area contributed by atoms with Crippen LogP contribution in [0.2, 0.25) is 0 Å². The summed E-state index contributed by atoms with van der Waals surface area (Å²) in [4.78, 5) is 16.5. The molecule has 0 radical (unpaired) electrons. The average Bonchev–Trinajstić information content (AvgIpc) is 2.59. The van der Waals surface area contributed by atoms with Gasteiger partial charge in [-0.1, -0.05) is 6.07 Å². The lowest BCUT2D eigenvalue weighted by Crippen LogP contribution is -2.51. The van der Waals surface area contributed by atoms with E-state index in [1.807, 2.05) is 9.80 Å². The number of piperidine rings is 1. The van der Waals surface area contributed by atoms with Crippen LogP contribution in [-0.2, 0) is 11.3 Å². The van der Waals surface area contributed by atoms with Gasteiger partial charge in [-0.3, -0.25) is 9.69 Å². The van der Waals surface area contributed by atoms with Crippen molar-refractivity contribution in [2.75, 3.05) is 39.3 Å². The molecule has 1 N–H and O–H groups in total. The summed E-state index contributed by atoms with van der Waals surface area (Å²) in [6.45, 7) is 4.75. The van der Waals surface area contributed by atoms with Gasteiger partial charge >= 0.3 is 0 Å². The molecule has 0 saturated carbocycles. The van der Waals surface area contributed by atoms with Gasteiger partial charge in [0.15, 0.2) is 0 Å². The zero-order valence-corrected chi connectivity index (χ0v) is 14.5. The van der Waals surface area contributed by atoms with Gasteiger partial charge in [0.1, 0.15) is 11.6 Å². The molecular weight excluding hydrogens is 336 g/mol. The van der Waals surface area contributed by atoms with Crippen LogP contribution in [0.25, 0.3) is 0 Å². The number of halogens is 3. The van der Waals surface area contributed by atoms with Crippen LogP contribution in [0.5, 0.6) is 0 Å². The van der Waals surface area contributed by atoms with Gasteiger partial charge in [-0.2, -0.15) is 0 Å². The number of benzene rings is 1. The lowest BCUT2D eigenvalue weighted by Gasteiger charge is -2.36. The smallest absolute Gasteiger partial charge is 0.227 e. The van der Waals surface area contributed by atoms with Crippen molar-refractivity contribution in [2.45, 2.75) is 19.4 Å². The van der Waals surface area contributed by atoms with E-state index >= 15 is 0 Å². The van der Waals surface area contributed by atoms with E-state index in [1.165, 1.54) is 18.2 Å². The number of carbonyl (C=O) groups excluding carboxylic acids is 1. The van der Waals surface area contributed by atoms with Crippen LogP contribution in [-0.4, -0.2) is 55.0 Å². The number of nitrogens with one attached hydrogen (secondary N) is 1. The van der Waals surface area contributed by atoms with Crippen LogP contribution in [0.15, 0.2) is 18.2 Å². The molecule has 0 spiro atoms. The number of carbonyl (C=O) groups is 1. The van der Waals surface area contributed by atoms with E-state index in [0.717, 1.165) is 45.6 Å². The van der Waals surface area contributed by atoms with Crippen molar-refractivity contribution < 1.29 is 13.6 Å². The van der Waals surface area contributed by atoms with Gasteiger partial charge in [0, 0.05) is 44.8 Å². The predicted molar refractivity (Wildman–Crippen MR) is 91.1 cm³/mol. The van der Waals surface area contributed by atoms with Crippen LogP contribution in [0.3, 0.4) is 0 Å². The monoisotopic (exact) mass is 359 g/mol. The minimum Gasteiger partial charge on any atom is -0.340 e. The van der Waals surface area contributed by atoms with Gasteiger partial charge in [0.2, 0.25) is 5.91 Å². The maximum absolute atomic E-state index is 13.8. The van der Waals surface area contributed by atoms with Gasteiger partial charge in [0.25, 0.3) is 0 Å². The van der Waals surface area contributed by atoms with Crippen LogP contribution in [0.4, 0.5) is 8.78 Å². The SMILES string of the molecule is Cl.O=C(C1CCCN(Cc2c(F)cccc2F)C1)N1CCNCC1. The summed E-state index contributed by atoms with van der Waals surface area (Å²) in [7, 11) is 0. The molecule has 2 saturated heterocycles. The summed E-state index contributed by atoms with van der Waals surface area (Å²) in [5, 5.41) is 3.24. The highest BCUT2D eigenvalue weighted by atomic mass is 35.5. The highest BCUT2D eigenvalue weighted by Crippen LogP contribution is 2.22. The number of likely N-dealkylation sites (tertiary alicyclic amines) is 1. The number of piperazine rings is 1. The van der Waals surface area contributed by atoms with E-state index < -0.39 is 11.6 Å². The maximum atomic E-state index is 13.8. The Hall–Kier alpha value is -1.24. The summed E-state index contributed by atoms with van der Waals surface area (Å²) < 4.78 is 27.6. The summed E-state index contributed by atoms with van der Waals surface area (Å²) in [5.41, 5.74) is 0.0998. The number of rotatable bonds is 3. The molecule has 1 unspecified atom stereocenters. The largest absolute Gasteiger partial charge is 0.340 e. The van der Waals surface area contributed by atoms with Crippen molar-refractivity contribution in [3.8, 4) is 0 Å². The first kappa shape index (κ1) is 19.1. The Morgan fingerprint density at radius 2 is 1.83 bits per heavy atom. The van der Waals surface area contributed by atoms with E-state index in [4.69, 9.17) is 0 Å². The Bertz CT molecular complexity index is 547. The third kappa shape index (κ3) is 4.43. The minimum absolute atomic E-state index is 0. The molecule has 24 heavy (non-hydrogen) atoms. The van der Waals surface area contributed by atoms with Crippen molar-refractivity contribution in [2.24, 2.45) is 5.92 Å². The van der Waals surface area contributed by atoms with Crippen LogP contribution >= 0.6 is 12.4 Å². The predicted octanol–water partition coefficient (Wildman–Crippen LogP) is 2.03. The summed E-state index contributed by atoms with van der Waals surface area (Å²) in [6, 6.07) is 3.94. The van der Waals surface area contributed by atoms with E-state index in [0.29, 0.717) is 6.54 Å². The second-order valence-electron chi connectivity index (χ2n) is 6.35. The van der Waals surface area contributed by atoms with E-state index in [-0.39, 0.29) is 36.3 Å². The lowest BCUT2D eigenvalue weighted by molar-refractivity contribution is -0.138. The normalized spacial score (nSPS) is 22.1. The third-order valence-corrected chi connectivity index (χ3v) is 4.73. The molecule has 1 atom stereocenters. The fraction of sp³-hybridized carbons (Fsp3) is 0.588. The Morgan fingerprint density at radius 3 is 2.50 bits per heavy atom.